The van der Waals surface area contributed by atoms with Gasteiger partial charge in [0.2, 0.25) is 5.91 Å². The molecular formula is C21H31BN2O5. The lowest BCUT2D eigenvalue weighted by atomic mass is 9.79. The SMILES string of the molecule is CC(C)(C)OC(=O)N1CCN(c2ccc(B3OC(C)(C)C(C)(C)O3)cc2)C(=O)C1. The first-order valence-electron chi connectivity index (χ1n) is 10.0. The molecule has 0 aliphatic carbocycles. The molecule has 2 aliphatic heterocycles. The molecule has 8 heteroatoms. The largest absolute Gasteiger partial charge is 0.494 e. The molecule has 2 saturated heterocycles. The number of rotatable bonds is 2. The number of anilines is 1. The maximum absolute atomic E-state index is 12.6. The van der Waals surface area contributed by atoms with Crippen molar-refractivity contribution in [3.05, 3.63) is 24.3 Å². The van der Waals surface area contributed by atoms with Gasteiger partial charge in [0.1, 0.15) is 12.1 Å². The number of hydrogen-bond acceptors (Lipinski definition) is 5. The Morgan fingerprint density at radius 3 is 2.07 bits per heavy atom. The molecular weight excluding hydrogens is 371 g/mol. The predicted octanol–water partition coefficient (Wildman–Crippen LogP) is 2.57. The summed E-state index contributed by atoms with van der Waals surface area (Å²) in [7, 11) is -0.436. The fraction of sp³-hybridized carbons (Fsp3) is 0.619. The molecule has 2 amide bonds. The quantitative estimate of drug-likeness (QED) is 0.712. The van der Waals surface area contributed by atoms with Gasteiger partial charge in [-0.3, -0.25) is 9.69 Å². The summed E-state index contributed by atoms with van der Waals surface area (Å²) in [6, 6.07) is 7.62. The Balaban J connectivity index is 1.64. The molecule has 158 valence electrons. The Labute approximate surface area is 173 Å². The van der Waals surface area contributed by atoms with E-state index in [1.807, 2.05) is 72.7 Å². The number of benzene rings is 1. The first kappa shape index (κ1) is 21.6. The van der Waals surface area contributed by atoms with Crippen LogP contribution in [-0.2, 0) is 18.8 Å². The molecule has 0 radical (unpaired) electrons. The molecule has 0 atom stereocenters. The van der Waals surface area contributed by atoms with Crippen LogP contribution in [0, 0.1) is 0 Å². The van der Waals surface area contributed by atoms with Gasteiger partial charge in [-0.05, 0) is 66.1 Å². The molecule has 0 unspecified atom stereocenters. The van der Waals surface area contributed by atoms with Gasteiger partial charge < -0.3 is 18.9 Å². The molecule has 2 aliphatic rings. The van der Waals surface area contributed by atoms with E-state index in [2.05, 4.69) is 0 Å². The van der Waals surface area contributed by atoms with Gasteiger partial charge in [0.15, 0.2) is 0 Å². The van der Waals surface area contributed by atoms with Crippen molar-refractivity contribution in [1.29, 1.82) is 0 Å². The van der Waals surface area contributed by atoms with Crippen LogP contribution < -0.4 is 10.4 Å². The van der Waals surface area contributed by atoms with Gasteiger partial charge >= 0.3 is 13.2 Å². The van der Waals surface area contributed by atoms with E-state index in [0.29, 0.717) is 13.1 Å². The minimum atomic E-state index is -0.583. The molecule has 1 aromatic rings. The fourth-order valence-electron chi connectivity index (χ4n) is 3.22. The van der Waals surface area contributed by atoms with Gasteiger partial charge in [-0.1, -0.05) is 12.1 Å². The minimum Gasteiger partial charge on any atom is -0.444 e. The van der Waals surface area contributed by atoms with Gasteiger partial charge in [0.05, 0.1) is 11.2 Å². The van der Waals surface area contributed by atoms with Crippen LogP contribution in [0.25, 0.3) is 0 Å². The highest BCUT2D eigenvalue weighted by molar-refractivity contribution is 6.62. The normalized spacial score (nSPS) is 21.5. The Kier molecular flexibility index (Phi) is 5.47. The van der Waals surface area contributed by atoms with Crippen molar-refractivity contribution in [1.82, 2.24) is 4.90 Å². The zero-order valence-electron chi connectivity index (χ0n) is 18.4. The van der Waals surface area contributed by atoms with Crippen molar-refractivity contribution in [2.75, 3.05) is 24.5 Å². The van der Waals surface area contributed by atoms with Gasteiger partial charge in [-0.2, -0.15) is 0 Å². The summed E-state index contributed by atoms with van der Waals surface area (Å²) >= 11 is 0. The average molecular weight is 402 g/mol. The third-order valence-corrected chi connectivity index (χ3v) is 5.60. The molecule has 1 aromatic carbocycles. The Hall–Kier alpha value is -2.06. The highest BCUT2D eigenvalue weighted by atomic mass is 16.7. The van der Waals surface area contributed by atoms with E-state index < -0.39 is 30.0 Å². The molecule has 0 aromatic heterocycles. The van der Waals surface area contributed by atoms with Crippen molar-refractivity contribution in [3.8, 4) is 0 Å². The standard InChI is InChI=1S/C21H31BN2O5/c1-19(2,3)27-18(26)23-12-13-24(17(25)14-23)16-10-8-15(9-11-16)22-28-20(4,5)21(6,7)29-22/h8-11H,12-14H2,1-7H3. The van der Waals surface area contributed by atoms with Crippen LogP contribution in [0.4, 0.5) is 10.5 Å². The van der Waals surface area contributed by atoms with E-state index in [1.165, 1.54) is 4.90 Å². The summed E-state index contributed by atoms with van der Waals surface area (Å²) in [4.78, 5) is 28.0. The van der Waals surface area contributed by atoms with Crippen LogP contribution >= 0.6 is 0 Å². The summed E-state index contributed by atoms with van der Waals surface area (Å²) < 4.78 is 17.5. The molecule has 0 saturated carbocycles. The predicted molar refractivity (Wildman–Crippen MR) is 112 cm³/mol. The van der Waals surface area contributed by atoms with Crippen LogP contribution in [0.1, 0.15) is 48.5 Å². The van der Waals surface area contributed by atoms with Gasteiger partial charge in [0.25, 0.3) is 0 Å². The third kappa shape index (κ3) is 4.59. The highest BCUT2D eigenvalue weighted by Gasteiger charge is 2.51. The number of hydrogen-bond donors (Lipinski definition) is 0. The zero-order valence-corrected chi connectivity index (χ0v) is 18.4. The maximum Gasteiger partial charge on any atom is 0.494 e. The van der Waals surface area contributed by atoms with Crippen LogP contribution in [0.3, 0.4) is 0 Å². The van der Waals surface area contributed by atoms with Gasteiger partial charge in [-0.25, -0.2) is 4.79 Å². The molecule has 7 nitrogen and oxygen atoms in total. The van der Waals surface area contributed by atoms with Gasteiger partial charge in [0, 0.05) is 18.8 Å². The monoisotopic (exact) mass is 402 g/mol. The number of carbonyl (C=O) groups excluding carboxylic acids is 2. The van der Waals surface area contributed by atoms with Crippen molar-refractivity contribution in [2.45, 2.75) is 65.3 Å². The second-order valence-corrected chi connectivity index (χ2v) is 9.63. The molecule has 0 N–H and O–H groups in total. The van der Waals surface area contributed by atoms with Crippen molar-refractivity contribution in [3.63, 3.8) is 0 Å². The van der Waals surface area contributed by atoms with Crippen LogP contribution in [-0.4, -0.2) is 60.5 Å². The average Bonchev–Trinajstić information content (AvgIpc) is 2.81. The summed E-state index contributed by atoms with van der Waals surface area (Å²) in [5.74, 6) is -0.134. The Bertz CT molecular complexity index is 769. The topological polar surface area (TPSA) is 68.3 Å². The summed E-state index contributed by atoms with van der Waals surface area (Å²) in [6.07, 6.45) is -0.457. The third-order valence-electron chi connectivity index (χ3n) is 5.60. The van der Waals surface area contributed by atoms with Crippen molar-refractivity contribution < 1.29 is 23.6 Å². The van der Waals surface area contributed by atoms with E-state index in [1.54, 1.807) is 4.90 Å². The Morgan fingerprint density at radius 1 is 1.03 bits per heavy atom. The molecule has 29 heavy (non-hydrogen) atoms. The fourth-order valence-corrected chi connectivity index (χ4v) is 3.22. The summed E-state index contributed by atoms with van der Waals surface area (Å²) in [6.45, 7) is 14.4. The van der Waals surface area contributed by atoms with Crippen LogP contribution in [0.5, 0.6) is 0 Å². The number of nitrogens with zero attached hydrogens (tertiary/aromatic N) is 2. The maximum atomic E-state index is 12.6. The van der Waals surface area contributed by atoms with E-state index >= 15 is 0 Å². The van der Waals surface area contributed by atoms with E-state index in [9.17, 15) is 9.59 Å². The van der Waals surface area contributed by atoms with Gasteiger partial charge in [-0.15, -0.1) is 0 Å². The summed E-state index contributed by atoms with van der Waals surface area (Å²) in [5.41, 5.74) is 0.321. The van der Waals surface area contributed by atoms with Crippen LogP contribution in [0.2, 0.25) is 0 Å². The van der Waals surface area contributed by atoms with Crippen molar-refractivity contribution >= 4 is 30.3 Å². The molecule has 2 heterocycles. The smallest absolute Gasteiger partial charge is 0.444 e. The minimum absolute atomic E-state index is 0.00783. The van der Waals surface area contributed by atoms with E-state index in [-0.39, 0.29) is 12.5 Å². The van der Waals surface area contributed by atoms with Crippen LogP contribution in [0.15, 0.2) is 24.3 Å². The first-order valence-corrected chi connectivity index (χ1v) is 10.0. The molecule has 2 fully saturated rings. The van der Waals surface area contributed by atoms with Crippen molar-refractivity contribution in [2.24, 2.45) is 0 Å². The number of ether oxygens (including phenoxy) is 1. The lowest BCUT2D eigenvalue weighted by molar-refractivity contribution is -0.121. The zero-order chi connectivity index (χ0) is 21.6. The second-order valence-electron chi connectivity index (χ2n) is 9.63. The highest BCUT2D eigenvalue weighted by Crippen LogP contribution is 2.36. The number of piperazine rings is 1. The summed E-state index contributed by atoms with van der Waals surface area (Å²) in [5, 5.41) is 0. The molecule has 3 rings (SSSR count). The number of carbonyl (C=O) groups is 2. The molecule has 0 bridgehead atoms. The second kappa shape index (κ2) is 7.33. The van der Waals surface area contributed by atoms with E-state index in [4.69, 9.17) is 14.0 Å². The first-order chi connectivity index (χ1) is 13.3. The lowest BCUT2D eigenvalue weighted by Gasteiger charge is -2.35. The number of amides is 2. The van der Waals surface area contributed by atoms with E-state index in [0.717, 1.165) is 11.2 Å². The molecule has 0 spiro atoms. The lowest BCUT2D eigenvalue weighted by Crippen LogP contribution is -2.53. The Morgan fingerprint density at radius 2 is 1.59 bits per heavy atom.